The van der Waals surface area contributed by atoms with Gasteiger partial charge < -0.3 is 5.73 Å². The number of hydrogen-bond donors (Lipinski definition) is 1. The van der Waals surface area contributed by atoms with Crippen molar-refractivity contribution in [3.05, 3.63) is 60.6 Å². The van der Waals surface area contributed by atoms with Crippen molar-refractivity contribution < 1.29 is 0 Å². The van der Waals surface area contributed by atoms with Crippen LogP contribution in [-0.2, 0) is 0 Å². The van der Waals surface area contributed by atoms with E-state index in [4.69, 9.17) is 11.0 Å². The first-order valence-electron chi connectivity index (χ1n) is 6.04. The van der Waals surface area contributed by atoms with Crippen molar-refractivity contribution in [1.29, 1.82) is 5.26 Å². The Kier molecular flexibility index (Phi) is 2.90. The summed E-state index contributed by atoms with van der Waals surface area (Å²) in [5, 5.41) is 8.80. The highest BCUT2D eigenvalue weighted by Crippen LogP contribution is 2.22. The molecule has 5 heteroatoms. The molecule has 0 spiro atoms. The van der Waals surface area contributed by atoms with Gasteiger partial charge in [-0.05, 0) is 24.3 Å². The van der Waals surface area contributed by atoms with Crippen LogP contribution in [0, 0.1) is 11.3 Å². The van der Waals surface area contributed by atoms with Gasteiger partial charge >= 0.3 is 0 Å². The van der Waals surface area contributed by atoms with Crippen molar-refractivity contribution >= 4 is 5.69 Å². The minimum Gasteiger partial charge on any atom is -0.399 e. The van der Waals surface area contributed by atoms with E-state index < -0.39 is 0 Å². The Morgan fingerprint density at radius 1 is 1.15 bits per heavy atom. The van der Waals surface area contributed by atoms with Gasteiger partial charge in [-0.25, -0.2) is 9.97 Å². The molecule has 0 unspecified atom stereocenters. The fourth-order valence-corrected chi connectivity index (χ4v) is 1.97. The largest absolute Gasteiger partial charge is 0.399 e. The number of nitrogen functional groups attached to an aromatic ring is 1. The zero-order valence-electron chi connectivity index (χ0n) is 10.6. The summed E-state index contributed by atoms with van der Waals surface area (Å²) in [6.45, 7) is 0. The van der Waals surface area contributed by atoms with Gasteiger partial charge in [-0.15, -0.1) is 0 Å². The van der Waals surface area contributed by atoms with Crippen molar-refractivity contribution in [3.63, 3.8) is 0 Å². The van der Waals surface area contributed by atoms with E-state index in [1.54, 1.807) is 24.5 Å². The zero-order chi connectivity index (χ0) is 13.9. The van der Waals surface area contributed by atoms with Crippen molar-refractivity contribution in [1.82, 2.24) is 14.5 Å². The van der Waals surface area contributed by atoms with Crippen LogP contribution in [0.4, 0.5) is 5.69 Å². The predicted molar refractivity (Wildman–Crippen MR) is 75.9 cm³/mol. The third-order valence-electron chi connectivity index (χ3n) is 2.91. The zero-order valence-corrected chi connectivity index (χ0v) is 10.6. The van der Waals surface area contributed by atoms with Crippen LogP contribution in [-0.4, -0.2) is 14.5 Å². The molecule has 5 nitrogen and oxygen atoms in total. The lowest BCUT2D eigenvalue weighted by molar-refractivity contribution is 1.00. The fourth-order valence-electron chi connectivity index (χ4n) is 1.97. The average Bonchev–Trinajstić information content (AvgIpc) is 2.97. The Morgan fingerprint density at radius 3 is 2.75 bits per heavy atom. The number of nitriles is 1. The van der Waals surface area contributed by atoms with E-state index in [-0.39, 0.29) is 0 Å². The van der Waals surface area contributed by atoms with Crippen molar-refractivity contribution in [2.75, 3.05) is 5.73 Å². The fraction of sp³-hybridized carbons (Fsp3) is 0. The summed E-state index contributed by atoms with van der Waals surface area (Å²) >= 11 is 0. The molecule has 0 aliphatic heterocycles. The molecule has 0 aliphatic carbocycles. The molecule has 0 radical (unpaired) electrons. The number of rotatable bonds is 2. The van der Waals surface area contributed by atoms with E-state index in [1.807, 2.05) is 41.1 Å². The number of imidazole rings is 1. The van der Waals surface area contributed by atoms with E-state index in [9.17, 15) is 0 Å². The average molecular weight is 261 g/mol. The topological polar surface area (TPSA) is 80.5 Å². The summed E-state index contributed by atoms with van der Waals surface area (Å²) in [6.07, 6.45) is 5.07. The summed E-state index contributed by atoms with van der Waals surface area (Å²) in [5.74, 6) is 1.47. The van der Waals surface area contributed by atoms with E-state index >= 15 is 0 Å². The lowest BCUT2D eigenvalue weighted by Gasteiger charge is -2.07. The van der Waals surface area contributed by atoms with Gasteiger partial charge in [0, 0.05) is 29.8 Å². The van der Waals surface area contributed by atoms with E-state index in [0.717, 1.165) is 11.4 Å². The molecular formula is C15H11N5. The maximum absolute atomic E-state index is 8.80. The summed E-state index contributed by atoms with van der Waals surface area (Å²) in [5.41, 5.74) is 7.93. The molecule has 3 rings (SSSR count). The molecule has 96 valence electrons. The SMILES string of the molecule is N#Cc1ccc(-n2ccnc2-c2cccc(N)c2)nc1. The molecule has 0 bridgehead atoms. The Bertz CT molecular complexity index is 781. The third kappa shape index (κ3) is 2.10. The van der Waals surface area contributed by atoms with Crippen LogP contribution in [0.25, 0.3) is 17.2 Å². The molecule has 0 saturated carbocycles. The predicted octanol–water partition coefficient (Wildman–Crippen LogP) is 2.39. The molecule has 1 aromatic carbocycles. The number of pyridine rings is 1. The first kappa shape index (κ1) is 11.9. The summed E-state index contributed by atoms with van der Waals surface area (Å²) in [4.78, 5) is 8.62. The van der Waals surface area contributed by atoms with Gasteiger partial charge in [0.15, 0.2) is 0 Å². The smallest absolute Gasteiger partial charge is 0.145 e. The number of aromatic nitrogens is 3. The first-order valence-corrected chi connectivity index (χ1v) is 6.04. The normalized spacial score (nSPS) is 10.2. The molecule has 0 amide bonds. The van der Waals surface area contributed by atoms with Crippen LogP contribution in [0.5, 0.6) is 0 Å². The van der Waals surface area contributed by atoms with Crippen molar-refractivity contribution in [2.45, 2.75) is 0 Å². The number of benzene rings is 1. The summed E-state index contributed by atoms with van der Waals surface area (Å²) in [7, 11) is 0. The van der Waals surface area contributed by atoms with Crippen LogP contribution in [0.2, 0.25) is 0 Å². The first-order chi connectivity index (χ1) is 9.78. The van der Waals surface area contributed by atoms with Crippen molar-refractivity contribution in [3.8, 4) is 23.3 Å². The van der Waals surface area contributed by atoms with Gasteiger partial charge in [0.25, 0.3) is 0 Å². The molecule has 0 aliphatic rings. The highest BCUT2D eigenvalue weighted by atomic mass is 15.1. The molecular weight excluding hydrogens is 250 g/mol. The van der Waals surface area contributed by atoms with Gasteiger partial charge in [0.1, 0.15) is 17.7 Å². The standard InChI is InChI=1S/C15H11N5/c16-9-11-4-5-14(19-10-11)20-7-6-18-15(20)12-2-1-3-13(17)8-12/h1-8,10H,17H2. The summed E-state index contributed by atoms with van der Waals surface area (Å²) in [6, 6.07) is 13.1. The molecule has 2 N–H and O–H groups in total. The van der Waals surface area contributed by atoms with Crippen LogP contribution < -0.4 is 5.73 Å². The number of nitrogens with zero attached hydrogens (tertiary/aromatic N) is 4. The minimum absolute atomic E-state index is 0.527. The van der Waals surface area contributed by atoms with E-state index in [2.05, 4.69) is 9.97 Å². The molecule has 20 heavy (non-hydrogen) atoms. The number of anilines is 1. The maximum atomic E-state index is 8.80. The number of nitrogens with two attached hydrogens (primary N) is 1. The van der Waals surface area contributed by atoms with Crippen LogP contribution in [0.1, 0.15) is 5.56 Å². The highest BCUT2D eigenvalue weighted by Gasteiger charge is 2.08. The van der Waals surface area contributed by atoms with Gasteiger partial charge in [0.05, 0.1) is 5.56 Å². The number of hydrogen-bond acceptors (Lipinski definition) is 4. The Hall–Kier alpha value is -3.13. The van der Waals surface area contributed by atoms with Crippen LogP contribution in [0.15, 0.2) is 55.0 Å². The third-order valence-corrected chi connectivity index (χ3v) is 2.91. The second-order valence-corrected chi connectivity index (χ2v) is 4.26. The van der Waals surface area contributed by atoms with E-state index in [1.165, 1.54) is 0 Å². The van der Waals surface area contributed by atoms with Crippen molar-refractivity contribution in [2.24, 2.45) is 0 Å². The lowest BCUT2D eigenvalue weighted by atomic mass is 10.2. The van der Waals surface area contributed by atoms with Gasteiger partial charge in [0.2, 0.25) is 0 Å². The Labute approximate surface area is 116 Å². The highest BCUT2D eigenvalue weighted by molar-refractivity contribution is 5.63. The van der Waals surface area contributed by atoms with Crippen LogP contribution >= 0.6 is 0 Å². The molecule has 3 aromatic rings. The minimum atomic E-state index is 0.527. The maximum Gasteiger partial charge on any atom is 0.145 e. The molecule has 2 heterocycles. The van der Waals surface area contributed by atoms with Gasteiger partial charge in [-0.2, -0.15) is 5.26 Å². The molecule has 0 fully saturated rings. The molecule has 0 atom stereocenters. The van der Waals surface area contributed by atoms with E-state index in [0.29, 0.717) is 17.1 Å². The lowest BCUT2D eigenvalue weighted by Crippen LogP contribution is -1.99. The Balaban J connectivity index is 2.08. The summed E-state index contributed by atoms with van der Waals surface area (Å²) < 4.78 is 1.86. The monoisotopic (exact) mass is 261 g/mol. The second kappa shape index (κ2) is 4.86. The van der Waals surface area contributed by atoms with Crippen LogP contribution in [0.3, 0.4) is 0 Å². The van der Waals surface area contributed by atoms with Gasteiger partial charge in [-0.1, -0.05) is 12.1 Å². The quantitative estimate of drug-likeness (QED) is 0.718. The van der Waals surface area contributed by atoms with Gasteiger partial charge in [-0.3, -0.25) is 4.57 Å². The molecule has 0 saturated heterocycles. The Morgan fingerprint density at radius 2 is 2.05 bits per heavy atom. The molecule has 2 aromatic heterocycles. The second-order valence-electron chi connectivity index (χ2n) is 4.26.